The van der Waals surface area contributed by atoms with Crippen LogP contribution in [0.15, 0.2) is 18.2 Å². The summed E-state index contributed by atoms with van der Waals surface area (Å²) in [5, 5.41) is 2.79. The molecule has 0 radical (unpaired) electrons. The van der Waals surface area contributed by atoms with Crippen molar-refractivity contribution < 1.29 is 9.59 Å². The van der Waals surface area contributed by atoms with E-state index in [0.717, 1.165) is 5.56 Å². The van der Waals surface area contributed by atoms with Gasteiger partial charge in [-0.25, -0.2) is 0 Å². The minimum atomic E-state index is -0.520. The van der Waals surface area contributed by atoms with Crippen molar-refractivity contribution in [1.82, 2.24) is 4.90 Å². The Morgan fingerprint density at radius 2 is 1.90 bits per heavy atom. The molecule has 0 saturated carbocycles. The molecular weight excluding hydrogens is 266 g/mol. The first-order chi connectivity index (χ1) is 9.72. The van der Waals surface area contributed by atoms with Gasteiger partial charge in [-0.2, -0.15) is 0 Å². The van der Waals surface area contributed by atoms with Crippen molar-refractivity contribution in [1.29, 1.82) is 0 Å². The summed E-state index contributed by atoms with van der Waals surface area (Å²) in [7, 11) is 3.42. The molecule has 0 bridgehead atoms. The van der Waals surface area contributed by atoms with Gasteiger partial charge in [0.2, 0.25) is 5.91 Å². The highest BCUT2D eigenvalue weighted by Crippen LogP contribution is 2.17. The van der Waals surface area contributed by atoms with Gasteiger partial charge in [0.15, 0.2) is 0 Å². The maximum atomic E-state index is 12.0. The predicted octanol–water partition coefficient (Wildman–Crippen LogP) is 2.01. The van der Waals surface area contributed by atoms with Gasteiger partial charge in [-0.15, -0.1) is 0 Å². The highest BCUT2D eigenvalue weighted by molar-refractivity contribution is 5.98. The predicted molar refractivity (Wildman–Crippen MR) is 85.3 cm³/mol. The van der Waals surface area contributed by atoms with Gasteiger partial charge in [0.25, 0.3) is 5.91 Å². The van der Waals surface area contributed by atoms with Gasteiger partial charge in [0.1, 0.15) is 0 Å². The average Bonchev–Trinajstić information content (AvgIpc) is 2.37. The highest BCUT2D eigenvalue weighted by Gasteiger charge is 2.16. The van der Waals surface area contributed by atoms with E-state index in [4.69, 9.17) is 5.73 Å². The number of carbonyl (C=O) groups is 2. The van der Waals surface area contributed by atoms with Gasteiger partial charge >= 0.3 is 0 Å². The fourth-order valence-corrected chi connectivity index (χ4v) is 2.07. The number of nitrogens with one attached hydrogen (secondary N) is 1. The van der Waals surface area contributed by atoms with Crippen LogP contribution in [0.4, 0.5) is 5.69 Å². The summed E-state index contributed by atoms with van der Waals surface area (Å²) in [4.78, 5) is 25.4. The molecule has 0 heterocycles. The molecule has 0 fully saturated rings. The molecular formula is C16H25N3O2. The lowest BCUT2D eigenvalue weighted by molar-refractivity contribution is -0.117. The largest absolute Gasteiger partial charge is 0.345 e. The fraction of sp³-hybridized carbons (Fsp3) is 0.500. The second kappa shape index (κ2) is 7.22. The molecule has 1 aromatic rings. The molecule has 1 rings (SSSR count). The van der Waals surface area contributed by atoms with Gasteiger partial charge in [0.05, 0.1) is 6.04 Å². The molecule has 0 spiro atoms. The molecule has 5 heteroatoms. The number of amides is 2. The number of benzene rings is 1. The minimum absolute atomic E-state index is 0.0538. The zero-order valence-electron chi connectivity index (χ0n) is 13.4. The maximum absolute atomic E-state index is 12.0. The summed E-state index contributed by atoms with van der Waals surface area (Å²) in [6.07, 6.45) is 0.641. The van der Waals surface area contributed by atoms with Crippen molar-refractivity contribution >= 4 is 17.5 Å². The number of nitrogens with two attached hydrogens (primary N) is 1. The number of carbonyl (C=O) groups excluding carboxylic acids is 2. The Balaban J connectivity index is 2.81. The van der Waals surface area contributed by atoms with Crippen LogP contribution in [0.5, 0.6) is 0 Å². The third kappa shape index (κ3) is 4.86. The van der Waals surface area contributed by atoms with E-state index in [1.165, 1.54) is 4.90 Å². The Kier molecular flexibility index (Phi) is 5.90. The van der Waals surface area contributed by atoms with Gasteiger partial charge in [-0.05, 0) is 43.0 Å². The number of hydrogen-bond acceptors (Lipinski definition) is 3. The quantitative estimate of drug-likeness (QED) is 0.871. The lowest BCUT2D eigenvalue weighted by Gasteiger charge is -2.16. The van der Waals surface area contributed by atoms with Crippen molar-refractivity contribution in [2.75, 3.05) is 19.4 Å². The Morgan fingerprint density at radius 3 is 2.38 bits per heavy atom. The van der Waals surface area contributed by atoms with Crippen molar-refractivity contribution in [3.63, 3.8) is 0 Å². The molecule has 0 aromatic heterocycles. The van der Waals surface area contributed by atoms with Crippen LogP contribution in [0, 0.1) is 12.8 Å². The maximum Gasteiger partial charge on any atom is 0.253 e. The number of rotatable bonds is 5. The zero-order valence-corrected chi connectivity index (χ0v) is 13.4. The van der Waals surface area contributed by atoms with Crippen LogP contribution in [0.2, 0.25) is 0 Å². The summed E-state index contributed by atoms with van der Waals surface area (Å²) >= 11 is 0. The normalized spacial score (nSPS) is 12.1. The van der Waals surface area contributed by atoms with Crippen LogP contribution in [-0.2, 0) is 4.79 Å². The topological polar surface area (TPSA) is 75.4 Å². The summed E-state index contributed by atoms with van der Waals surface area (Å²) in [6.45, 7) is 5.90. The fourth-order valence-electron chi connectivity index (χ4n) is 2.07. The third-order valence-electron chi connectivity index (χ3n) is 3.19. The smallest absolute Gasteiger partial charge is 0.253 e. The van der Waals surface area contributed by atoms with E-state index in [9.17, 15) is 9.59 Å². The molecule has 116 valence electrons. The molecule has 0 aliphatic rings. The summed E-state index contributed by atoms with van der Waals surface area (Å²) < 4.78 is 0. The molecule has 5 nitrogen and oxygen atoms in total. The number of aryl methyl sites for hydroxylation is 1. The lowest BCUT2D eigenvalue weighted by atomic mass is 10.0. The summed E-state index contributed by atoms with van der Waals surface area (Å²) in [5.74, 6) is 0.115. The first-order valence-corrected chi connectivity index (χ1v) is 7.11. The van der Waals surface area contributed by atoms with Crippen molar-refractivity contribution in [2.24, 2.45) is 11.7 Å². The van der Waals surface area contributed by atoms with Gasteiger partial charge in [0, 0.05) is 25.3 Å². The standard InChI is InChI=1S/C16H25N3O2/c1-10(2)8-14(17)15(20)18-12-6-7-13(11(3)9-12)16(21)19(4)5/h6-7,9-10,14H,8,17H2,1-5H3,(H,18,20)/t14-/m0/s1. The highest BCUT2D eigenvalue weighted by atomic mass is 16.2. The van der Waals surface area contributed by atoms with E-state index in [1.54, 1.807) is 32.3 Å². The van der Waals surface area contributed by atoms with Crippen LogP contribution in [0.25, 0.3) is 0 Å². The lowest BCUT2D eigenvalue weighted by Crippen LogP contribution is -2.36. The van der Waals surface area contributed by atoms with Crippen LogP contribution >= 0.6 is 0 Å². The van der Waals surface area contributed by atoms with E-state index in [-0.39, 0.29) is 11.8 Å². The minimum Gasteiger partial charge on any atom is -0.345 e. The Morgan fingerprint density at radius 1 is 1.29 bits per heavy atom. The second-order valence-corrected chi connectivity index (χ2v) is 5.95. The van der Waals surface area contributed by atoms with Crippen molar-refractivity contribution in [3.05, 3.63) is 29.3 Å². The second-order valence-electron chi connectivity index (χ2n) is 5.95. The van der Waals surface area contributed by atoms with Crippen LogP contribution in [0.1, 0.15) is 36.2 Å². The van der Waals surface area contributed by atoms with E-state index in [0.29, 0.717) is 23.6 Å². The molecule has 0 saturated heterocycles. The Bertz CT molecular complexity index is 524. The zero-order chi connectivity index (χ0) is 16.2. The molecule has 1 atom stereocenters. The van der Waals surface area contributed by atoms with Crippen LogP contribution in [0.3, 0.4) is 0 Å². The van der Waals surface area contributed by atoms with E-state index >= 15 is 0 Å². The monoisotopic (exact) mass is 291 g/mol. The molecule has 3 N–H and O–H groups in total. The van der Waals surface area contributed by atoms with E-state index < -0.39 is 6.04 Å². The van der Waals surface area contributed by atoms with Gasteiger partial charge in [-0.3, -0.25) is 9.59 Å². The average molecular weight is 291 g/mol. The molecule has 0 aliphatic heterocycles. The molecule has 1 aromatic carbocycles. The molecule has 0 unspecified atom stereocenters. The van der Waals surface area contributed by atoms with Gasteiger partial charge < -0.3 is 16.0 Å². The van der Waals surface area contributed by atoms with E-state index in [1.807, 2.05) is 20.8 Å². The first kappa shape index (κ1) is 17.2. The van der Waals surface area contributed by atoms with Gasteiger partial charge in [-0.1, -0.05) is 13.8 Å². The third-order valence-corrected chi connectivity index (χ3v) is 3.19. The number of anilines is 1. The SMILES string of the molecule is Cc1cc(NC(=O)[C@@H](N)CC(C)C)ccc1C(=O)N(C)C. The molecule has 2 amide bonds. The Hall–Kier alpha value is -1.88. The molecule has 0 aliphatic carbocycles. The summed E-state index contributed by atoms with van der Waals surface area (Å²) in [5.41, 5.74) is 7.96. The molecule has 21 heavy (non-hydrogen) atoms. The van der Waals surface area contributed by atoms with Crippen LogP contribution in [-0.4, -0.2) is 36.9 Å². The summed E-state index contributed by atoms with van der Waals surface area (Å²) in [6, 6.07) is 4.72. The van der Waals surface area contributed by atoms with Crippen molar-refractivity contribution in [3.8, 4) is 0 Å². The first-order valence-electron chi connectivity index (χ1n) is 7.11. The van der Waals surface area contributed by atoms with Crippen LogP contribution < -0.4 is 11.1 Å². The van der Waals surface area contributed by atoms with Crippen molar-refractivity contribution in [2.45, 2.75) is 33.2 Å². The number of hydrogen-bond donors (Lipinski definition) is 2. The number of nitrogens with zero attached hydrogens (tertiary/aromatic N) is 1. The Labute approximate surface area is 126 Å². The van der Waals surface area contributed by atoms with E-state index in [2.05, 4.69) is 5.32 Å².